The van der Waals surface area contributed by atoms with E-state index >= 15 is 0 Å². The molecule has 0 radical (unpaired) electrons. The Morgan fingerprint density at radius 1 is 1.08 bits per heavy atom. The smallest absolute Gasteiger partial charge is 0.177 e. The number of ketones is 1. The minimum absolute atomic E-state index is 0.180. The van der Waals surface area contributed by atoms with Gasteiger partial charge in [-0.25, -0.2) is 0 Å². The summed E-state index contributed by atoms with van der Waals surface area (Å²) in [5.74, 6) is 0.180. The lowest BCUT2D eigenvalue weighted by molar-refractivity contribution is -0.112. The van der Waals surface area contributed by atoms with Gasteiger partial charge in [0.25, 0.3) is 0 Å². The highest BCUT2D eigenvalue weighted by molar-refractivity contribution is 6.29. The quantitative estimate of drug-likeness (QED) is 0.559. The Morgan fingerprint density at radius 3 is 2.69 bits per heavy atom. The van der Waals surface area contributed by atoms with Crippen molar-refractivity contribution in [1.29, 1.82) is 0 Å². The van der Waals surface area contributed by atoms with Crippen LogP contribution in [0.4, 0.5) is 0 Å². The molecule has 0 aromatic carbocycles. The standard InChI is InChI=1S/C11H15NO/c13-10-7-9-5-3-1-2-4-6-11(9)12-8-10/h8H,1-7H2. The number of hydrogen-bond donors (Lipinski definition) is 0. The van der Waals surface area contributed by atoms with Gasteiger partial charge >= 0.3 is 0 Å². The van der Waals surface area contributed by atoms with Crippen molar-refractivity contribution in [3.63, 3.8) is 0 Å². The van der Waals surface area contributed by atoms with Crippen molar-refractivity contribution < 1.29 is 4.79 Å². The van der Waals surface area contributed by atoms with Crippen LogP contribution in [-0.2, 0) is 4.79 Å². The van der Waals surface area contributed by atoms with Crippen LogP contribution < -0.4 is 0 Å². The molecule has 1 heterocycles. The molecule has 13 heavy (non-hydrogen) atoms. The Kier molecular flexibility index (Phi) is 2.57. The van der Waals surface area contributed by atoms with Crippen LogP contribution >= 0.6 is 0 Å². The number of hydrogen-bond acceptors (Lipinski definition) is 2. The minimum Gasteiger partial charge on any atom is -0.293 e. The summed E-state index contributed by atoms with van der Waals surface area (Å²) in [7, 11) is 0. The summed E-state index contributed by atoms with van der Waals surface area (Å²) < 4.78 is 0. The van der Waals surface area contributed by atoms with Crippen molar-refractivity contribution >= 4 is 12.0 Å². The average molecular weight is 177 g/mol. The molecule has 0 saturated heterocycles. The van der Waals surface area contributed by atoms with Crippen molar-refractivity contribution in [2.24, 2.45) is 4.99 Å². The second-order valence-corrected chi connectivity index (χ2v) is 3.87. The van der Waals surface area contributed by atoms with Crippen molar-refractivity contribution in [2.45, 2.75) is 44.9 Å². The lowest BCUT2D eigenvalue weighted by atomic mass is 9.93. The summed E-state index contributed by atoms with van der Waals surface area (Å²) >= 11 is 0. The van der Waals surface area contributed by atoms with Crippen LogP contribution in [0.5, 0.6) is 0 Å². The number of allylic oxidation sites excluding steroid dienone is 2. The first-order valence-electron chi connectivity index (χ1n) is 5.14. The molecule has 70 valence electrons. The van der Waals surface area contributed by atoms with E-state index in [0.717, 1.165) is 12.8 Å². The van der Waals surface area contributed by atoms with Crippen LogP contribution in [-0.4, -0.2) is 12.0 Å². The van der Waals surface area contributed by atoms with E-state index in [0.29, 0.717) is 6.42 Å². The van der Waals surface area contributed by atoms with Gasteiger partial charge < -0.3 is 0 Å². The first-order valence-corrected chi connectivity index (χ1v) is 5.14. The van der Waals surface area contributed by atoms with Crippen molar-refractivity contribution in [3.05, 3.63) is 11.3 Å². The number of carbonyl (C=O) groups is 1. The molecule has 2 nitrogen and oxygen atoms in total. The lowest BCUT2D eigenvalue weighted by Gasteiger charge is -2.17. The van der Waals surface area contributed by atoms with E-state index in [-0.39, 0.29) is 5.78 Å². The zero-order valence-electron chi connectivity index (χ0n) is 7.88. The maximum Gasteiger partial charge on any atom is 0.177 e. The van der Waals surface area contributed by atoms with Gasteiger partial charge in [0.1, 0.15) is 0 Å². The van der Waals surface area contributed by atoms with E-state index < -0.39 is 0 Å². The third-order valence-corrected chi connectivity index (χ3v) is 2.80. The third-order valence-electron chi connectivity index (χ3n) is 2.80. The largest absolute Gasteiger partial charge is 0.293 e. The highest BCUT2D eigenvalue weighted by Crippen LogP contribution is 2.27. The van der Waals surface area contributed by atoms with Gasteiger partial charge in [-0.1, -0.05) is 12.8 Å². The molecule has 0 bridgehead atoms. The van der Waals surface area contributed by atoms with Crippen molar-refractivity contribution in [1.82, 2.24) is 0 Å². The Hall–Kier alpha value is -0.920. The van der Waals surface area contributed by atoms with Crippen molar-refractivity contribution in [3.8, 4) is 0 Å². The Balaban J connectivity index is 2.17. The zero-order valence-corrected chi connectivity index (χ0v) is 7.88. The fourth-order valence-corrected chi connectivity index (χ4v) is 2.06. The second-order valence-electron chi connectivity index (χ2n) is 3.87. The van der Waals surface area contributed by atoms with E-state index in [1.54, 1.807) is 0 Å². The third kappa shape index (κ3) is 2.06. The average Bonchev–Trinajstić information content (AvgIpc) is 2.08. The fraction of sp³-hybridized carbons (Fsp3) is 0.636. The van der Waals surface area contributed by atoms with E-state index in [1.807, 2.05) is 0 Å². The molecule has 2 heteroatoms. The van der Waals surface area contributed by atoms with Gasteiger partial charge in [0.05, 0.1) is 6.21 Å². The monoisotopic (exact) mass is 177 g/mol. The molecule has 0 saturated carbocycles. The van der Waals surface area contributed by atoms with E-state index in [9.17, 15) is 4.79 Å². The predicted octanol–water partition coefficient (Wildman–Crippen LogP) is 2.64. The molecule has 2 rings (SSSR count). The topological polar surface area (TPSA) is 29.4 Å². The highest BCUT2D eigenvalue weighted by Gasteiger charge is 2.15. The van der Waals surface area contributed by atoms with Crippen LogP contribution in [0.25, 0.3) is 0 Å². The van der Waals surface area contributed by atoms with E-state index in [2.05, 4.69) is 4.99 Å². The van der Waals surface area contributed by atoms with Gasteiger partial charge in [-0.05, 0) is 31.3 Å². The molecular formula is C11H15NO. The van der Waals surface area contributed by atoms with Crippen molar-refractivity contribution in [2.75, 3.05) is 0 Å². The molecule has 1 aliphatic carbocycles. The number of rotatable bonds is 0. The van der Waals surface area contributed by atoms with Gasteiger partial charge in [0.15, 0.2) is 5.78 Å². The molecule has 0 atom stereocenters. The van der Waals surface area contributed by atoms with E-state index in [4.69, 9.17) is 0 Å². The zero-order chi connectivity index (χ0) is 9.10. The summed E-state index contributed by atoms with van der Waals surface area (Å²) in [4.78, 5) is 15.4. The molecule has 0 aromatic heterocycles. The van der Waals surface area contributed by atoms with Gasteiger partial charge in [-0.2, -0.15) is 0 Å². The van der Waals surface area contributed by atoms with Gasteiger partial charge in [0.2, 0.25) is 0 Å². The second kappa shape index (κ2) is 3.86. The molecule has 0 spiro atoms. The molecule has 2 aliphatic rings. The van der Waals surface area contributed by atoms with Crippen LogP contribution in [0.15, 0.2) is 16.3 Å². The molecule has 0 amide bonds. The summed E-state index contributed by atoms with van der Waals surface area (Å²) in [6.45, 7) is 0. The van der Waals surface area contributed by atoms with Crippen LogP contribution in [0, 0.1) is 0 Å². The maximum absolute atomic E-state index is 11.1. The molecule has 0 unspecified atom stereocenters. The predicted molar refractivity (Wildman–Crippen MR) is 52.8 cm³/mol. The summed E-state index contributed by atoms with van der Waals surface area (Å²) in [5, 5.41) is 0. The van der Waals surface area contributed by atoms with Crippen LogP contribution in [0.2, 0.25) is 0 Å². The summed E-state index contributed by atoms with van der Waals surface area (Å²) in [6.07, 6.45) is 9.43. The Bertz CT molecular complexity index is 276. The number of aliphatic imine (C=N–C) groups is 1. The SMILES string of the molecule is O=C1C=NC2=C(CCCCCC2)C1. The first kappa shape index (κ1) is 8.67. The normalized spacial score (nSPS) is 23.8. The summed E-state index contributed by atoms with van der Waals surface area (Å²) in [5.41, 5.74) is 2.52. The summed E-state index contributed by atoms with van der Waals surface area (Å²) in [6, 6.07) is 0. The first-order chi connectivity index (χ1) is 6.36. The van der Waals surface area contributed by atoms with Gasteiger partial charge in [-0.15, -0.1) is 0 Å². The van der Waals surface area contributed by atoms with Gasteiger partial charge in [0, 0.05) is 12.1 Å². The maximum atomic E-state index is 11.1. The molecule has 0 fully saturated rings. The van der Waals surface area contributed by atoms with Crippen LogP contribution in [0.3, 0.4) is 0 Å². The molecule has 0 N–H and O–H groups in total. The number of Topliss-reactive ketones (excluding diaryl/α,β-unsaturated/α-hetero) is 1. The minimum atomic E-state index is 0.180. The molecular weight excluding hydrogens is 162 g/mol. The highest BCUT2D eigenvalue weighted by atomic mass is 16.1. The Labute approximate surface area is 78.7 Å². The van der Waals surface area contributed by atoms with E-state index in [1.165, 1.54) is 43.2 Å². The van der Waals surface area contributed by atoms with Gasteiger partial charge in [-0.3, -0.25) is 9.79 Å². The Morgan fingerprint density at radius 2 is 1.85 bits per heavy atom. The number of carbonyl (C=O) groups excluding carboxylic acids is 1. The van der Waals surface area contributed by atoms with Crippen LogP contribution in [0.1, 0.15) is 44.9 Å². The molecule has 1 aliphatic heterocycles. The molecule has 0 aromatic rings. The fourth-order valence-electron chi connectivity index (χ4n) is 2.06. The lowest BCUT2D eigenvalue weighted by Crippen LogP contribution is -2.10. The number of nitrogens with zero attached hydrogens (tertiary/aromatic N) is 1.